The van der Waals surface area contributed by atoms with E-state index in [0.717, 1.165) is 58.9 Å². The summed E-state index contributed by atoms with van der Waals surface area (Å²) in [5, 5.41) is 50.5. The maximum Gasteiger partial charge on any atom is 0.315 e. The molecule has 2 unspecified atom stereocenters. The lowest BCUT2D eigenvalue weighted by Crippen LogP contribution is -2.51. The highest BCUT2D eigenvalue weighted by atomic mass is 16.7. The van der Waals surface area contributed by atoms with Gasteiger partial charge in [-0.1, -0.05) is 52.3 Å². The number of hydrogen-bond donors (Lipinski definition) is 5. The molecule has 9 rings (SSSR count). The van der Waals surface area contributed by atoms with Crippen LogP contribution in [0, 0.1) is 24.7 Å². The lowest BCUT2D eigenvalue weighted by molar-refractivity contribution is -0.158. The summed E-state index contributed by atoms with van der Waals surface area (Å²) in [6.45, 7) is 21.5. The number of aliphatic hydroxyl groups is 2. The number of aromatic hydroxyl groups is 2. The number of hydrogen-bond acceptors (Lipinski definition) is 16. The van der Waals surface area contributed by atoms with Crippen molar-refractivity contribution in [2.75, 3.05) is 77.3 Å². The van der Waals surface area contributed by atoms with Crippen molar-refractivity contribution in [3.63, 3.8) is 0 Å². The summed E-state index contributed by atoms with van der Waals surface area (Å²) in [6.07, 6.45) is 9.67. The molecule has 2 aromatic carbocycles. The number of likely N-dealkylation sites (tertiary alicyclic amines) is 2. The molecule has 0 saturated carbocycles. The van der Waals surface area contributed by atoms with E-state index in [0.29, 0.717) is 37.5 Å². The Labute approximate surface area is 428 Å². The SMILES string of the molecule is C/C1=C/C=C/C(C)[C@H](O)CC(O)[C@@H](C)[C@H](OC(=O)CC(=O)N2CCN(CCN3CCCCC3)CC2)CC/C=C/O[C@@]2(C)Oc3c(C)c(O)c4c(O)c(c5c(c4c3C2=O)NC2(CCN(CC(C)C)CC2)N=5)=NC1=O. The molecule has 398 valence electrons. The standard InChI is InChI=1S/C55H77N7O11/c1-33(2)32-61-21-17-55(18-22-61)57-46-43-44-49(67)37(6)51-45(43)52(69)54(7,73-51)71-29-12-9-16-40(72-42(66)31-41(65)62-27-25-60(26-28-62)24-23-59-19-10-8-11-20-59)36(5)39(64)30-38(63)34(3)14-13-15-35(4)53(70)56-48(50(44)68)47(46)58-55/h12-15,29,33-34,36,38-40,57,63-64,67-68H,8-11,16-28,30-32H2,1-7H3/b14-13+,29-12+,35-15-,56-48?/t34?,36-,38-,39?,40-,54+/m1/s1. The topological polar surface area (TPSA) is 227 Å². The van der Waals surface area contributed by atoms with Crippen LogP contribution in [-0.4, -0.2) is 165 Å². The Morgan fingerprint density at radius 1 is 0.890 bits per heavy atom. The van der Waals surface area contributed by atoms with Gasteiger partial charge in [0.25, 0.3) is 11.7 Å². The van der Waals surface area contributed by atoms with Gasteiger partial charge in [-0.15, -0.1) is 0 Å². The number of amides is 2. The number of esters is 1. The summed E-state index contributed by atoms with van der Waals surface area (Å²) in [5.41, 5.74) is -0.0992. The van der Waals surface area contributed by atoms with Gasteiger partial charge in [0.05, 0.1) is 35.1 Å². The van der Waals surface area contributed by atoms with Crippen molar-refractivity contribution >= 4 is 40.0 Å². The molecule has 73 heavy (non-hydrogen) atoms. The third kappa shape index (κ3) is 11.8. The molecule has 5 bridgehead atoms. The third-order valence-corrected chi connectivity index (χ3v) is 15.8. The second-order valence-corrected chi connectivity index (χ2v) is 21.8. The van der Waals surface area contributed by atoms with Crippen LogP contribution in [0.2, 0.25) is 0 Å². The highest BCUT2D eigenvalue weighted by Crippen LogP contribution is 2.51. The van der Waals surface area contributed by atoms with Gasteiger partial charge in [0.1, 0.15) is 40.4 Å². The van der Waals surface area contributed by atoms with Crippen LogP contribution in [0.15, 0.2) is 46.1 Å². The van der Waals surface area contributed by atoms with Crippen molar-refractivity contribution in [2.24, 2.45) is 27.7 Å². The minimum Gasteiger partial charge on any atom is -0.507 e. The van der Waals surface area contributed by atoms with Crippen molar-refractivity contribution in [1.82, 2.24) is 19.6 Å². The number of phenols is 2. The number of nitrogens with zero attached hydrogens (tertiary/aromatic N) is 6. The molecule has 2 amide bonds. The van der Waals surface area contributed by atoms with Gasteiger partial charge >= 0.3 is 11.8 Å². The quantitative estimate of drug-likeness (QED) is 0.138. The molecule has 3 fully saturated rings. The van der Waals surface area contributed by atoms with Gasteiger partial charge in [-0.05, 0) is 64.6 Å². The molecule has 18 nitrogen and oxygen atoms in total. The number of aliphatic hydroxyl groups excluding tert-OH is 2. The average Bonchev–Trinajstić information content (AvgIpc) is 3.86. The summed E-state index contributed by atoms with van der Waals surface area (Å²) in [6, 6.07) is 0. The van der Waals surface area contributed by atoms with E-state index in [2.05, 4.69) is 38.9 Å². The highest BCUT2D eigenvalue weighted by molar-refractivity contribution is 6.21. The van der Waals surface area contributed by atoms with E-state index >= 15 is 0 Å². The molecule has 2 aromatic rings. The van der Waals surface area contributed by atoms with Crippen LogP contribution in [0.1, 0.15) is 115 Å². The zero-order valence-electron chi connectivity index (χ0n) is 43.8. The van der Waals surface area contributed by atoms with Crippen LogP contribution in [0.3, 0.4) is 0 Å². The molecule has 18 heteroatoms. The van der Waals surface area contributed by atoms with Crippen LogP contribution in [0.25, 0.3) is 10.8 Å². The summed E-state index contributed by atoms with van der Waals surface area (Å²) < 4.78 is 18.4. The molecule has 5 N–H and O–H groups in total. The molecule has 0 aliphatic carbocycles. The first-order valence-corrected chi connectivity index (χ1v) is 26.6. The number of ether oxygens (including phenoxy) is 3. The van der Waals surface area contributed by atoms with Crippen molar-refractivity contribution in [3.05, 3.63) is 58.0 Å². The minimum absolute atomic E-state index is 0.0636. The first-order chi connectivity index (χ1) is 34.8. The molecule has 0 radical (unpaired) electrons. The van der Waals surface area contributed by atoms with E-state index < -0.39 is 71.4 Å². The van der Waals surface area contributed by atoms with Gasteiger partial charge in [0.15, 0.2) is 5.75 Å². The van der Waals surface area contributed by atoms with Crippen molar-refractivity contribution in [1.29, 1.82) is 0 Å². The Balaban J connectivity index is 1.06. The van der Waals surface area contributed by atoms with E-state index in [1.165, 1.54) is 38.5 Å². The van der Waals surface area contributed by atoms with Crippen LogP contribution in [0.5, 0.6) is 17.2 Å². The lowest BCUT2D eigenvalue weighted by Gasteiger charge is -2.38. The van der Waals surface area contributed by atoms with Crippen LogP contribution in [0.4, 0.5) is 5.69 Å². The highest BCUT2D eigenvalue weighted by Gasteiger charge is 2.50. The predicted octanol–water partition coefficient (Wildman–Crippen LogP) is 4.63. The Morgan fingerprint density at radius 3 is 2.26 bits per heavy atom. The smallest absolute Gasteiger partial charge is 0.315 e. The Kier molecular flexibility index (Phi) is 16.7. The molecular weight excluding hydrogens is 935 g/mol. The molecule has 7 heterocycles. The summed E-state index contributed by atoms with van der Waals surface area (Å²) >= 11 is 0. The largest absolute Gasteiger partial charge is 0.507 e. The minimum atomic E-state index is -1.92. The Hall–Kier alpha value is -5.40. The van der Waals surface area contributed by atoms with Crippen LogP contribution >= 0.6 is 0 Å². The number of anilines is 1. The first-order valence-electron chi connectivity index (χ1n) is 26.6. The second kappa shape index (κ2) is 22.6. The number of carbonyl (C=O) groups is 4. The Morgan fingerprint density at radius 2 is 1.58 bits per heavy atom. The van der Waals surface area contributed by atoms with Gasteiger partial charge in [0, 0.05) is 113 Å². The number of nitrogens with one attached hydrogen (secondary N) is 1. The summed E-state index contributed by atoms with van der Waals surface area (Å²) in [4.78, 5) is 74.2. The molecular formula is C55H77N7O11. The number of Topliss-reactive ketones (excluding diaryl/α,β-unsaturated/α-hetero) is 1. The maximum absolute atomic E-state index is 14.8. The molecule has 1 spiro atoms. The van der Waals surface area contributed by atoms with Gasteiger partial charge in [0.2, 0.25) is 5.91 Å². The number of carbonyl (C=O) groups excluding carboxylic acids is 4. The number of fused-ring (bicyclic) bond motifs is 13. The van der Waals surface area contributed by atoms with E-state index in [-0.39, 0.29) is 74.9 Å². The first kappa shape index (κ1) is 53.9. The fraction of sp³-hybridized carbons (Fsp3) is 0.636. The van der Waals surface area contributed by atoms with Gasteiger partial charge in [-0.3, -0.25) is 29.1 Å². The summed E-state index contributed by atoms with van der Waals surface area (Å²) in [7, 11) is 0. The van der Waals surface area contributed by atoms with Gasteiger partial charge in [-0.2, -0.15) is 0 Å². The van der Waals surface area contributed by atoms with Gasteiger partial charge in [-0.25, -0.2) is 4.99 Å². The number of piperazine rings is 1. The van der Waals surface area contributed by atoms with Crippen molar-refractivity contribution < 1.29 is 53.8 Å². The number of allylic oxidation sites excluding steroid dienone is 3. The van der Waals surface area contributed by atoms with E-state index in [9.17, 15) is 39.6 Å². The van der Waals surface area contributed by atoms with E-state index in [1.807, 2.05) is 0 Å². The van der Waals surface area contributed by atoms with Crippen molar-refractivity contribution in [3.8, 4) is 17.2 Å². The lowest BCUT2D eigenvalue weighted by atomic mass is 9.88. The third-order valence-electron chi connectivity index (χ3n) is 15.8. The fourth-order valence-electron chi connectivity index (χ4n) is 11.1. The normalized spacial score (nSPS) is 29.2. The number of rotatable bonds is 8. The van der Waals surface area contributed by atoms with E-state index in [4.69, 9.17) is 19.2 Å². The zero-order chi connectivity index (χ0) is 52.4. The van der Waals surface area contributed by atoms with Gasteiger partial charge < -0.3 is 54.7 Å². The molecule has 7 aliphatic heterocycles. The second-order valence-electron chi connectivity index (χ2n) is 21.8. The van der Waals surface area contributed by atoms with Crippen molar-refractivity contribution in [2.45, 2.75) is 136 Å². The van der Waals surface area contributed by atoms with E-state index in [1.54, 1.807) is 50.8 Å². The van der Waals surface area contributed by atoms with Crippen LogP contribution in [-0.2, 0) is 23.9 Å². The summed E-state index contributed by atoms with van der Waals surface area (Å²) in [5.74, 6) is -5.75. The zero-order valence-corrected chi connectivity index (χ0v) is 43.8. The number of benzene rings is 2. The Bertz CT molecular complexity index is 2650. The maximum atomic E-state index is 14.8. The molecule has 0 aromatic heterocycles. The monoisotopic (exact) mass is 1010 g/mol. The fourth-order valence-corrected chi connectivity index (χ4v) is 11.1. The average molecular weight is 1010 g/mol. The number of phenolic OH excluding ortho intramolecular Hbond substituents is 2. The van der Waals surface area contributed by atoms with Crippen LogP contribution < -0.4 is 20.8 Å². The number of ketones is 1. The number of piperidine rings is 2. The molecule has 3 saturated heterocycles. The molecule has 6 atom stereocenters. The predicted molar refractivity (Wildman–Crippen MR) is 275 cm³/mol. The molecule has 7 aliphatic rings.